The van der Waals surface area contributed by atoms with Gasteiger partial charge in [0.15, 0.2) is 0 Å². The van der Waals surface area contributed by atoms with Crippen LogP contribution < -0.4 is 5.32 Å². The Balaban J connectivity index is 1.99. The summed E-state index contributed by atoms with van der Waals surface area (Å²) in [6.45, 7) is 6.04. The van der Waals surface area contributed by atoms with Gasteiger partial charge in [0.25, 0.3) is 5.91 Å². The highest BCUT2D eigenvalue weighted by Gasteiger charge is 2.18. The van der Waals surface area contributed by atoms with Crippen molar-refractivity contribution in [2.75, 3.05) is 0 Å². The highest BCUT2D eigenvalue weighted by Crippen LogP contribution is 2.12. The molecule has 96 valence electrons. The summed E-state index contributed by atoms with van der Waals surface area (Å²) in [6, 6.07) is 1.83. The third-order valence-electron chi connectivity index (χ3n) is 2.66. The molecule has 2 aromatic heterocycles. The van der Waals surface area contributed by atoms with Crippen LogP contribution in [0.4, 0.5) is 0 Å². The molecular weight excluding hydrogens is 232 g/mol. The number of aromatic nitrogens is 3. The summed E-state index contributed by atoms with van der Waals surface area (Å²) < 4.78 is 6.75. The summed E-state index contributed by atoms with van der Waals surface area (Å²) in [5, 5.41) is 10.8. The molecule has 18 heavy (non-hydrogen) atoms. The number of amides is 1. The van der Waals surface area contributed by atoms with Gasteiger partial charge >= 0.3 is 0 Å². The predicted octanol–water partition coefficient (Wildman–Crippen LogP) is 1.31. The lowest BCUT2D eigenvalue weighted by molar-refractivity contribution is 0.0934. The molecule has 0 fully saturated rings. The van der Waals surface area contributed by atoms with Crippen molar-refractivity contribution < 1.29 is 9.32 Å². The topological polar surface area (TPSA) is 73.0 Å². The van der Waals surface area contributed by atoms with E-state index in [0.717, 1.165) is 0 Å². The van der Waals surface area contributed by atoms with E-state index in [2.05, 4.69) is 15.6 Å². The number of aryl methyl sites for hydroxylation is 2. The molecule has 0 saturated heterocycles. The summed E-state index contributed by atoms with van der Waals surface area (Å²) >= 11 is 0. The van der Waals surface area contributed by atoms with Gasteiger partial charge in [0.1, 0.15) is 11.3 Å². The zero-order chi connectivity index (χ0) is 13.1. The van der Waals surface area contributed by atoms with Crippen LogP contribution in [-0.2, 0) is 6.54 Å². The molecule has 0 aliphatic rings. The number of nitrogens with one attached hydrogen (secondary N) is 1. The van der Waals surface area contributed by atoms with Gasteiger partial charge in [0, 0.05) is 18.4 Å². The number of hydrogen-bond donors (Lipinski definition) is 1. The van der Waals surface area contributed by atoms with E-state index in [9.17, 15) is 4.79 Å². The van der Waals surface area contributed by atoms with Crippen molar-refractivity contribution in [3.05, 3.63) is 35.5 Å². The third kappa shape index (κ3) is 2.58. The largest absolute Gasteiger partial charge is 0.361 e. The zero-order valence-corrected chi connectivity index (χ0v) is 10.7. The summed E-state index contributed by atoms with van der Waals surface area (Å²) in [5.74, 6) is 0.377. The van der Waals surface area contributed by atoms with E-state index in [1.165, 1.54) is 0 Å². The summed E-state index contributed by atoms with van der Waals surface area (Å²) in [5.41, 5.74) is 1.12. The SMILES string of the molecule is Cc1noc(C)c1C(=O)N[C@@H](C)Cn1cccn1. The van der Waals surface area contributed by atoms with Gasteiger partial charge in [-0.1, -0.05) is 5.16 Å². The van der Waals surface area contributed by atoms with Crippen molar-refractivity contribution >= 4 is 5.91 Å². The fourth-order valence-corrected chi connectivity index (χ4v) is 1.84. The van der Waals surface area contributed by atoms with Crippen molar-refractivity contribution in [2.45, 2.75) is 33.4 Å². The molecule has 1 amide bonds. The van der Waals surface area contributed by atoms with Crippen molar-refractivity contribution in [2.24, 2.45) is 0 Å². The van der Waals surface area contributed by atoms with E-state index in [4.69, 9.17) is 4.52 Å². The van der Waals surface area contributed by atoms with Gasteiger partial charge in [-0.3, -0.25) is 9.48 Å². The first-order valence-electron chi connectivity index (χ1n) is 5.79. The van der Waals surface area contributed by atoms with Crippen molar-refractivity contribution in [3.63, 3.8) is 0 Å². The molecule has 2 rings (SSSR count). The van der Waals surface area contributed by atoms with Crippen LogP contribution in [0.25, 0.3) is 0 Å². The molecule has 6 nitrogen and oxygen atoms in total. The van der Waals surface area contributed by atoms with Crippen LogP contribution in [0.15, 0.2) is 23.0 Å². The Bertz CT molecular complexity index is 511. The Kier molecular flexibility index (Phi) is 3.45. The Morgan fingerprint density at radius 3 is 2.89 bits per heavy atom. The molecule has 0 spiro atoms. The first-order chi connectivity index (χ1) is 8.58. The molecular formula is C12H16N4O2. The quantitative estimate of drug-likeness (QED) is 0.885. The molecule has 1 atom stereocenters. The van der Waals surface area contributed by atoms with Crippen LogP contribution >= 0.6 is 0 Å². The van der Waals surface area contributed by atoms with Crippen LogP contribution in [-0.4, -0.2) is 26.9 Å². The Hall–Kier alpha value is -2.11. The van der Waals surface area contributed by atoms with Gasteiger partial charge in [0.05, 0.1) is 12.2 Å². The van der Waals surface area contributed by atoms with Gasteiger partial charge in [-0.25, -0.2) is 0 Å². The van der Waals surface area contributed by atoms with Gasteiger partial charge in [-0.2, -0.15) is 5.10 Å². The lowest BCUT2D eigenvalue weighted by Crippen LogP contribution is -2.36. The van der Waals surface area contributed by atoms with Gasteiger partial charge in [0.2, 0.25) is 0 Å². The highest BCUT2D eigenvalue weighted by atomic mass is 16.5. The molecule has 6 heteroatoms. The van der Waals surface area contributed by atoms with E-state index < -0.39 is 0 Å². The molecule has 0 unspecified atom stereocenters. The minimum absolute atomic E-state index is 0.0221. The standard InChI is InChI=1S/C12H16N4O2/c1-8(7-16-6-4-5-13-16)14-12(17)11-9(2)15-18-10(11)3/h4-6,8H,7H2,1-3H3,(H,14,17)/t8-/m0/s1. The number of hydrogen-bond acceptors (Lipinski definition) is 4. The summed E-state index contributed by atoms with van der Waals surface area (Å²) in [6.07, 6.45) is 3.57. The van der Waals surface area contributed by atoms with E-state index in [-0.39, 0.29) is 11.9 Å². The predicted molar refractivity (Wildman–Crippen MR) is 65.1 cm³/mol. The molecule has 0 aromatic carbocycles. The van der Waals surface area contributed by atoms with Gasteiger partial charge in [-0.05, 0) is 26.8 Å². The lowest BCUT2D eigenvalue weighted by atomic mass is 10.2. The van der Waals surface area contributed by atoms with Crippen LogP contribution in [0.5, 0.6) is 0 Å². The van der Waals surface area contributed by atoms with Crippen molar-refractivity contribution in [1.82, 2.24) is 20.3 Å². The molecule has 0 saturated carbocycles. The smallest absolute Gasteiger partial charge is 0.257 e. The van der Waals surface area contributed by atoms with Crippen molar-refractivity contribution in [3.8, 4) is 0 Å². The fourth-order valence-electron chi connectivity index (χ4n) is 1.84. The van der Waals surface area contributed by atoms with E-state index in [0.29, 0.717) is 23.6 Å². The Morgan fingerprint density at radius 2 is 2.33 bits per heavy atom. The fraction of sp³-hybridized carbons (Fsp3) is 0.417. The van der Waals surface area contributed by atoms with E-state index >= 15 is 0 Å². The number of rotatable bonds is 4. The maximum Gasteiger partial charge on any atom is 0.257 e. The average molecular weight is 248 g/mol. The third-order valence-corrected chi connectivity index (χ3v) is 2.66. The first-order valence-corrected chi connectivity index (χ1v) is 5.79. The van der Waals surface area contributed by atoms with Crippen LogP contribution in [0.2, 0.25) is 0 Å². The number of nitrogens with zero attached hydrogens (tertiary/aromatic N) is 3. The van der Waals surface area contributed by atoms with Crippen molar-refractivity contribution in [1.29, 1.82) is 0 Å². The van der Waals surface area contributed by atoms with Gasteiger partial charge < -0.3 is 9.84 Å². The first kappa shape index (κ1) is 12.3. The average Bonchev–Trinajstić information content (AvgIpc) is 2.89. The normalized spacial score (nSPS) is 12.4. The summed E-state index contributed by atoms with van der Waals surface area (Å²) in [4.78, 5) is 12.0. The summed E-state index contributed by atoms with van der Waals surface area (Å²) in [7, 11) is 0. The van der Waals surface area contributed by atoms with Crippen LogP contribution in [0.3, 0.4) is 0 Å². The van der Waals surface area contributed by atoms with E-state index in [1.54, 1.807) is 24.7 Å². The molecule has 0 aliphatic heterocycles. The second-order valence-electron chi connectivity index (χ2n) is 4.30. The molecule has 2 aromatic rings. The second-order valence-corrected chi connectivity index (χ2v) is 4.30. The molecule has 1 N–H and O–H groups in total. The minimum Gasteiger partial charge on any atom is -0.361 e. The molecule has 2 heterocycles. The minimum atomic E-state index is -0.161. The van der Waals surface area contributed by atoms with Gasteiger partial charge in [-0.15, -0.1) is 0 Å². The van der Waals surface area contributed by atoms with Crippen LogP contribution in [0, 0.1) is 13.8 Å². The maximum absolute atomic E-state index is 12.0. The molecule has 0 bridgehead atoms. The van der Waals surface area contributed by atoms with E-state index in [1.807, 2.05) is 19.2 Å². The molecule has 0 radical (unpaired) electrons. The van der Waals surface area contributed by atoms with Crippen LogP contribution in [0.1, 0.15) is 28.7 Å². The second kappa shape index (κ2) is 5.03. The monoisotopic (exact) mass is 248 g/mol. The zero-order valence-electron chi connectivity index (χ0n) is 10.7. The number of carbonyl (C=O) groups is 1. The highest BCUT2D eigenvalue weighted by molar-refractivity contribution is 5.96. The Morgan fingerprint density at radius 1 is 1.56 bits per heavy atom. The maximum atomic E-state index is 12.0. The number of carbonyl (C=O) groups excluding carboxylic acids is 1. The Labute approximate surface area is 105 Å². The molecule has 0 aliphatic carbocycles. The lowest BCUT2D eigenvalue weighted by Gasteiger charge is -2.13.